The zero-order valence-electron chi connectivity index (χ0n) is 19.2. The van der Waals surface area contributed by atoms with Gasteiger partial charge >= 0.3 is 6.01 Å². The Balaban J connectivity index is 1.21. The predicted molar refractivity (Wildman–Crippen MR) is 132 cm³/mol. The monoisotopic (exact) mass is 465 g/mol. The van der Waals surface area contributed by atoms with Gasteiger partial charge in [-0.3, -0.25) is 4.21 Å². The third-order valence-electron chi connectivity index (χ3n) is 6.62. The van der Waals surface area contributed by atoms with Crippen molar-refractivity contribution in [3.63, 3.8) is 0 Å². The molecule has 0 spiro atoms. The van der Waals surface area contributed by atoms with Gasteiger partial charge in [0.25, 0.3) is 0 Å². The first-order valence-electron chi connectivity index (χ1n) is 11.7. The minimum absolute atomic E-state index is 0.360. The topological polar surface area (TPSA) is 68.5 Å². The van der Waals surface area contributed by atoms with Crippen LogP contribution in [-0.4, -0.2) is 45.7 Å². The lowest BCUT2D eigenvalue weighted by atomic mass is 10.0. The maximum Gasteiger partial charge on any atom is 0.324 e. The summed E-state index contributed by atoms with van der Waals surface area (Å²) in [6.07, 6.45) is 4.52. The first kappa shape index (κ1) is 22.0. The van der Waals surface area contributed by atoms with Gasteiger partial charge in [0.1, 0.15) is 5.75 Å². The number of aromatic nitrogens is 2. The highest BCUT2D eigenvalue weighted by Crippen LogP contribution is 2.30. The number of anilines is 1. The van der Waals surface area contributed by atoms with Crippen molar-refractivity contribution in [3.05, 3.63) is 65.0 Å². The molecule has 174 valence electrons. The summed E-state index contributed by atoms with van der Waals surface area (Å²) in [5, 5.41) is 4.20. The molecule has 1 fully saturated rings. The highest BCUT2D eigenvalue weighted by atomic mass is 32.2. The lowest BCUT2D eigenvalue weighted by molar-refractivity contribution is 0.356. The van der Waals surface area contributed by atoms with Crippen LogP contribution < -0.4 is 9.64 Å². The molecule has 0 saturated carbocycles. The molecule has 2 unspecified atom stereocenters. The average molecular weight is 466 g/mol. The van der Waals surface area contributed by atoms with Gasteiger partial charge in [0.2, 0.25) is 0 Å². The largest absolute Gasteiger partial charge is 0.493 e. The van der Waals surface area contributed by atoms with Crippen LogP contribution in [0, 0.1) is 12.8 Å². The van der Waals surface area contributed by atoms with E-state index in [1.807, 2.05) is 18.2 Å². The van der Waals surface area contributed by atoms with Crippen LogP contribution in [0.3, 0.4) is 0 Å². The van der Waals surface area contributed by atoms with E-state index < -0.39 is 9.52 Å². The second-order valence-electron chi connectivity index (χ2n) is 9.29. The van der Waals surface area contributed by atoms with Gasteiger partial charge in [0.15, 0.2) is 5.82 Å². The number of benzene rings is 2. The van der Waals surface area contributed by atoms with E-state index in [2.05, 4.69) is 52.1 Å². The van der Waals surface area contributed by atoms with Crippen molar-refractivity contribution in [2.45, 2.75) is 43.9 Å². The third-order valence-corrected chi connectivity index (χ3v) is 8.74. The minimum atomic E-state index is -2.34. The van der Waals surface area contributed by atoms with Crippen molar-refractivity contribution in [2.75, 3.05) is 30.3 Å². The van der Waals surface area contributed by atoms with Crippen LogP contribution in [0.2, 0.25) is 0 Å². The standard InChI is InChI=1S/C26H31N3O3S/c1-19-5-3-6-21(15-19)16-25-27-26(32-28-25)29-12-4-7-20(10-13-29)18-33(2,30)23-8-9-24-22(17-23)11-14-31-24/h3,5-6,8-9,15,17,20H,2,4,7,10-14,16,18H2,1H3. The molecule has 0 radical (unpaired) electrons. The molecule has 2 aromatic carbocycles. The van der Waals surface area contributed by atoms with E-state index in [1.54, 1.807) is 0 Å². The first-order chi connectivity index (χ1) is 16.0. The van der Waals surface area contributed by atoms with Crippen molar-refractivity contribution >= 4 is 21.4 Å². The molecule has 0 N–H and O–H groups in total. The van der Waals surface area contributed by atoms with Crippen LogP contribution in [0.25, 0.3) is 0 Å². The minimum Gasteiger partial charge on any atom is -0.493 e. The van der Waals surface area contributed by atoms with Crippen LogP contribution in [0.1, 0.15) is 41.8 Å². The Morgan fingerprint density at radius 2 is 2.09 bits per heavy atom. The van der Waals surface area contributed by atoms with E-state index in [-0.39, 0.29) is 0 Å². The van der Waals surface area contributed by atoms with E-state index in [1.165, 1.54) is 11.1 Å². The smallest absolute Gasteiger partial charge is 0.324 e. The summed E-state index contributed by atoms with van der Waals surface area (Å²) < 4.78 is 24.7. The summed E-state index contributed by atoms with van der Waals surface area (Å²) in [7, 11) is -2.34. The van der Waals surface area contributed by atoms with Crippen molar-refractivity contribution in [1.29, 1.82) is 0 Å². The number of nitrogens with zero attached hydrogens (tertiary/aromatic N) is 3. The number of hydrogen-bond acceptors (Lipinski definition) is 6. The molecule has 1 saturated heterocycles. The zero-order chi connectivity index (χ0) is 22.8. The Morgan fingerprint density at radius 1 is 1.18 bits per heavy atom. The van der Waals surface area contributed by atoms with Crippen LogP contribution in [0.4, 0.5) is 6.01 Å². The average Bonchev–Trinajstić information content (AvgIpc) is 3.39. The Kier molecular flexibility index (Phi) is 6.15. The quantitative estimate of drug-likeness (QED) is 0.506. The number of rotatable bonds is 6. The fourth-order valence-corrected chi connectivity index (χ4v) is 6.80. The van der Waals surface area contributed by atoms with Gasteiger partial charge in [0.05, 0.1) is 6.61 Å². The molecule has 1 aromatic heterocycles. The summed E-state index contributed by atoms with van der Waals surface area (Å²) in [5.41, 5.74) is 3.56. The number of hydrogen-bond donors (Lipinski definition) is 0. The lowest BCUT2D eigenvalue weighted by Crippen LogP contribution is -2.25. The number of fused-ring (bicyclic) bond motifs is 1. The molecule has 7 heteroatoms. The first-order valence-corrected chi connectivity index (χ1v) is 13.6. The second kappa shape index (κ2) is 9.21. The number of ether oxygens (including phenoxy) is 1. The normalized spacial score (nSPS) is 20.0. The summed E-state index contributed by atoms with van der Waals surface area (Å²) in [5.74, 6) is 6.75. The Labute approximate surface area is 196 Å². The molecule has 3 aromatic rings. The maximum absolute atomic E-state index is 13.5. The predicted octanol–water partition coefficient (Wildman–Crippen LogP) is 4.29. The Bertz CT molecular complexity index is 1240. The van der Waals surface area contributed by atoms with E-state index in [9.17, 15) is 4.21 Å². The van der Waals surface area contributed by atoms with E-state index in [4.69, 9.17) is 9.26 Å². The molecule has 6 nitrogen and oxygen atoms in total. The van der Waals surface area contributed by atoms with Crippen LogP contribution >= 0.6 is 0 Å². The molecule has 2 atom stereocenters. The fraction of sp³-hybridized carbons (Fsp3) is 0.423. The molecule has 0 aliphatic carbocycles. The van der Waals surface area contributed by atoms with Gasteiger partial charge in [0, 0.05) is 36.6 Å². The highest BCUT2D eigenvalue weighted by molar-refractivity contribution is 8.00. The van der Waals surface area contributed by atoms with Gasteiger partial charge < -0.3 is 14.2 Å². The Morgan fingerprint density at radius 3 is 2.97 bits per heavy atom. The molecule has 2 aliphatic rings. The molecule has 2 aliphatic heterocycles. The highest BCUT2D eigenvalue weighted by Gasteiger charge is 2.24. The van der Waals surface area contributed by atoms with E-state index in [0.717, 1.165) is 55.0 Å². The molecular weight excluding hydrogens is 434 g/mol. The van der Waals surface area contributed by atoms with Crippen LogP contribution in [-0.2, 0) is 22.4 Å². The van der Waals surface area contributed by atoms with Crippen molar-refractivity contribution in [1.82, 2.24) is 10.1 Å². The van der Waals surface area contributed by atoms with Gasteiger partial charge in [-0.1, -0.05) is 35.0 Å². The molecule has 3 heterocycles. The molecule has 33 heavy (non-hydrogen) atoms. The third kappa shape index (κ3) is 5.08. The van der Waals surface area contributed by atoms with Crippen molar-refractivity contribution < 1.29 is 13.5 Å². The van der Waals surface area contributed by atoms with Crippen molar-refractivity contribution in [2.24, 2.45) is 5.92 Å². The lowest BCUT2D eigenvalue weighted by Gasteiger charge is -2.19. The van der Waals surface area contributed by atoms with E-state index in [0.29, 0.717) is 36.5 Å². The number of aryl methyl sites for hydroxylation is 1. The molecule has 0 bridgehead atoms. The summed E-state index contributed by atoms with van der Waals surface area (Å²) in [6.45, 7) is 4.49. The van der Waals surface area contributed by atoms with Gasteiger partial charge in [-0.05, 0) is 76.8 Å². The van der Waals surface area contributed by atoms with Crippen molar-refractivity contribution in [3.8, 4) is 5.75 Å². The summed E-state index contributed by atoms with van der Waals surface area (Å²) in [6, 6.07) is 14.9. The van der Waals surface area contributed by atoms with Gasteiger partial charge in [-0.2, -0.15) is 4.98 Å². The van der Waals surface area contributed by atoms with E-state index >= 15 is 0 Å². The van der Waals surface area contributed by atoms with Crippen LogP contribution in [0.5, 0.6) is 5.75 Å². The Hall–Kier alpha value is -2.80. The van der Waals surface area contributed by atoms with Gasteiger partial charge in [-0.25, -0.2) is 0 Å². The SMILES string of the molecule is C=S(=O)(CC1CCCN(c2nc(Cc3cccc(C)c3)no2)CC1)c1ccc2c(c1)CCO2. The zero-order valence-corrected chi connectivity index (χ0v) is 20.0. The summed E-state index contributed by atoms with van der Waals surface area (Å²) >= 11 is 0. The molecular formula is C26H31N3O3S. The summed E-state index contributed by atoms with van der Waals surface area (Å²) in [4.78, 5) is 7.67. The fourth-order valence-electron chi connectivity index (χ4n) is 4.84. The molecule has 5 rings (SSSR count). The molecule has 0 amide bonds. The maximum atomic E-state index is 13.5. The van der Waals surface area contributed by atoms with Gasteiger partial charge in [-0.15, -0.1) is 0 Å². The van der Waals surface area contributed by atoms with Crippen LogP contribution in [0.15, 0.2) is 51.9 Å². The second-order valence-corrected chi connectivity index (χ2v) is 11.7.